The predicted molar refractivity (Wildman–Crippen MR) is 106 cm³/mol. The lowest BCUT2D eigenvalue weighted by Crippen LogP contribution is -2.36. The van der Waals surface area contributed by atoms with E-state index in [9.17, 15) is 4.79 Å². The molecule has 0 spiro atoms. The maximum Gasteiger partial charge on any atom is 0.319 e. The summed E-state index contributed by atoms with van der Waals surface area (Å²) in [4.78, 5) is 22.5. The molecule has 3 rings (SSSR count). The van der Waals surface area contributed by atoms with Crippen molar-refractivity contribution in [1.82, 2.24) is 30.0 Å². The summed E-state index contributed by atoms with van der Waals surface area (Å²) in [6.07, 6.45) is 4.56. The molecule has 0 aliphatic carbocycles. The van der Waals surface area contributed by atoms with Crippen molar-refractivity contribution >= 4 is 11.7 Å². The van der Waals surface area contributed by atoms with E-state index in [0.717, 1.165) is 11.3 Å². The first kappa shape index (κ1) is 19.3. The maximum absolute atomic E-state index is 12.3. The van der Waals surface area contributed by atoms with Crippen molar-refractivity contribution in [3.63, 3.8) is 0 Å². The Labute approximate surface area is 163 Å². The van der Waals surface area contributed by atoms with Crippen molar-refractivity contribution in [1.29, 1.82) is 0 Å². The Bertz CT molecular complexity index is 895. The first-order valence-corrected chi connectivity index (χ1v) is 8.73. The lowest BCUT2D eigenvalue weighted by molar-refractivity contribution is 0.243. The lowest BCUT2D eigenvalue weighted by atomic mass is 10.1. The molecule has 2 amide bonds. The number of benzene rings is 1. The summed E-state index contributed by atoms with van der Waals surface area (Å²) >= 11 is 0. The number of nitrogens with zero attached hydrogens (tertiary/aromatic N) is 5. The van der Waals surface area contributed by atoms with Crippen molar-refractivity contribution in [2.75, 3.05) is 33.1 Å². The molecule has 9 nitrogen and oxygen atoms in total. The largest absolute Gasteiger partial charge is 0.497 e. The average Bonchev–Trinajstić information content (AvgIpc) is 3.23. The highest BCUT2D eigenvalue weighted by atomic mass is 16.5. The molecule has 0 saturated heterocycles. The van der Waals surface area contributed by atoms with Gasteiger partial charge in [-0.3, -0.25) is 0 Å². The zero-order chi connectivity index (χ0) is 19.9. The van der Waals surface area contributed by atoms with Gasteiger partial charge in [0.25, 0.3) is 0 Å². The van der Waals surface area contributed by atoms with Crippen molar-refractivity contribution in [3.05, 3.63) is 60.8 Å². The fourth-order valence-corrected chi connectivity index (χ4v) is 2.73. The van der Waals surface area contributed by atoms with Crippen LogP contribution in [-0.2, 0) is 0 Å². The summed E-state index contributed by atoms with van der Waals surface area (Å²) in [5.74, 6) is 1.40. The molecule has 1 aromatic carbocycles. The van der Waals surface area contributed by atoms with Crippen LogP contribution in [0.3, 0.4) is 0 Å². The van der Waals surface area contributed by atoms with Crippen LogP contribution >= 0.6 is 0 Å². The Hall–Kier alpha value is -3.46. The average molecular weight is 381 g/mol. The van der Waals surface area contributed by atoms with Crippen LogP contribution < -0.4 is 15.4 Å². The molecule has 1 atom stereocenters. The summed E-state index contributed by atoms with van der Waals surface area (Å²) in [5, 5.41) is 9.70. The third kappa shape index (κ3) is 4.83. The van der Waals surface area contributed by atoms with Gasteiger partial charge in [-0.15, -0.1) is 0 Å². The van der Waals surface area contributed by atoms with Gasteiger partial charge in [0.15, 0.2) is 5.82 Å². The topological polar surface area (TPSA) is 97.2 Å². The van der Waals surface area contributed by atoms with Gasteiger partial charge in [0.2, 0.25) is 0 Å². The molecule has 2 N–H and O–H groups in total. The Balaban J connectivity index is 1.58. The molecule has 0 radical (unpaired) electrons. The van der Waals surface area contributed by atoms with Gasteiger partial charge >= 0.3 is 6.03 Å². The number of anilines is 1. The normalized spacial score (nSPS) is 11.9. The van der Waals surface area contributed by atoms with Crippen LogP contribution in [0, 0.1) is 0 Å². The SMILES string of the molecule is COc1cccc(C(CNC(=O)Nc2ccc(-n3cncn3)nc2)N(C)C)c1. The minimum atomic E-state index is -0.301. The molecule has 0 bridgehead atoms. The third-order valence-corrected chi connectivity index (χ3v) is 4.22. The minimum absolute atomic E-state index is 0.00802. The molecule has 0 aliphatic rings. The van der Waals surface area contributed by atoms with E-state index in [1.54, 1.807) is 36.4 Å². The number of pyridine rings is 1. The highest BCUT2D eigenvalue weighted by Gasteiger charge is 2.16. The summed E-state index contributed by atoms with van der Waals surface area (Å²) in [6.45, 7) is 0.441. The second kappa shape index (κ2) is 8.96. The van der Waals surface area contributed by atoms with Gasteiger partial charge in [0.05, 0.1) is 25.0 Å². The first-order valence-electron chi connectivity index (χ1n) is 8.73. The minimum Gasteiger partial charge on any atom is -0.497 e. The van der Waals surface area contributed by atoms with Crippen LogP contribution in [0.5, 0.6) is 5.75 Å². The number of ether oxygens (including phenoxy) is 1. The number of carbonyl (C=O) groups excluding carboxylic acids is 1. The molecule has 2 heterocycles. The van der Waals surface area contributed by atoms with Crippen LogP contribution in [0.4, 0.5) is 10.5 Å². The molecular weight excluding hydrogens is 358 g/mol. The van der Waals surface area contributed by atoms with E-state index >= 15 is 0 Å². The van der Waals surface area contributed by atoms with Gasteiger partial charge < -0.3 is 20.3 Å². The Morgan fingerprint density at radius 2 is 2.14 bits per heavy atom. The zero-order valence-corrected chi connectivity index (χ0v) is 16.0. The van der Waals surface area contributed by atoms with E-state index in [-0.39, 0.29) is 12.1 Å². The number of urea groups is 1. The van der Waals surface area contributed by atoms with Gasteiger partial charge in [-0.2, -0.15) is 5.10 Å². The highest BCUT2D eigenvalue weighted by molar-refractivity contribution is 5.89. The third-order valence-electron chi connectivity index (χ3n) is 4.22. The molecule has 0 fully saturated rings. The fourth-order valence-electron chi connectivity index (χ4n) is 2.73. The summed E-state index contributed by atoms with van der Waals surface area (Å²) < 4.78 is 6.83. The number of amides is 2. The van der Waals surface area contributed by atoms with Crippen LogP contribution in [0.1, 0.15) is 11.6 Å². The number of aromatic nitrogens is 4. The summed E-state index contributed by atoms with van der Waals surface area (Å²) in [7, 11) is 5.57. The number of likely N-dealkylation sites (N-methyl/N-ethyl adjacent to an activating group) is 1. The van der Waals surface area contributed by atoms with Gasteiger partial charge in [0, 0.05) is 6.54 Å². The number of hydrogen-bond acceptors (Lipinski definition) is 6. The van der Waals surface area contributed by atoms with Crippen LogP contribution in [0.15, 0.2) is 55.2 Å². The van der Waals surface area contributed by atoms with Crippen molar-refractivity contribution in [3.8, 4) is 11.6 Å². The van der Waals surface area contributed by atoms with Crippen LogP contribution in [0.25, 0.3) is 5.82 Å². The van der Waals surface area contributed by atoms with E-state index in [2.05, 4.69) is 25.7 Å². The van der Waals surface area contributed by atoms with Gasteiger partial charge in [-0.25, -0.2) is 19.4 Å². The molecule has 1 unspecified atom stereocenters. The summed E-state index contributed by atoms with van der Waals surface area (Å²) in [6, 6.07) is 11.0. The number of nitrogens with one attached hydrogen (secondary N) is 2. The predicted octanol–water partition coefficient (Wildman–Crippen LogP) is 2.10. The van der Waals surface area contributed by atoms with E-state index < -0.39 is 0 Å². The van der Waals surface area contributed by atoms with Gasteiger partial charge in [-0.1, -0.05) is 12.1 Å². The van der Waals surface area contributed by atoms with Crippen molar-refractivity contribution < 1.29 is 9.53 Å². The molecule has 2 aromatic heterocycles. The Kier molecular flexibility index (Phi) is 6.18. The van der Waals surface area contributed by atoms with E-state index in [4.69, 9.17) is 4.74 Å². The second-order valence-corrected chi connectivity index (χ2v) is 6.34. The van der Waals surface area contributed by atoms with Crippen LogP contribution in [-0.4, -0.2) is 58.4 Å². The summed E-state index contributed by atoms with van der Waals surface area (Å²) in [5.41, 5.74) is 1.65. The molecule has 0 saturated carbocycles. The Morgan fingerprint density at radius 3 is 2.79 bits per heavy atom. The highest BCUT2D eigenvalue weighted by Crippen LogP contribution is 2.22. The number of hydrogen-bond donors (Lipinski definition) is 2. The van der Waals surface area contributed by atoms with Crippen molar-refractivity contribution in [2.24, 2.45) is 0 Å². The van der Waals surface area contributed by atoms with Gasteiger partial charge in [-0.05, 0) is 43.9 Å². The van der Waals surface area contributed by atoms with Crippen LogP contribution in [0.2, 0.25) is 0 Å². The molecule has 9 heteroatoms. The van der Waals surface area contributed by atoms with Gasteiger partial charge in [0.1, 0.15) is 18.4 Å². The Morgan fingerprint density at radius 1 is 1.29 bits per heavy atom. The fraction of sp³-hybridized carbons (Fsp3) is 0.263. The molecule has 3 aromatic rings. The quantitative estimate of drug-likeness (QED) is 0.650. The maximum atomic E-state index is 12.3. The standard InChI is InChI=1S/C19H23N7O2/c1-25(2)17(14-5-4-6-16(9-14)28-3)11-22-19(27)24-15-7-8-18(21-10-15)26-13-20-12-23-26/h4-10,12-13,17H,11H2,1-3H3,(H2,22,24,27). The van der Waals surface area contributed by atoms with Crippen molar-refractivity contribution in [2.45, 2.75) is 6.04 Å². The lowest BCUT2D eigenvalue weighted by Gasteiger charge is -2.25. The number of carbonyl (C=O) groups is 1. The molecular formula is C19H23N7O2. The molecule has 0 aliphatic heterocycles. The number of methoxy groups -OCH3 is 1. The smallest absolute Gasteiger partial charge is 0.319 e. The molecule has 146 valence electrons. The van der Waals surface area contributed by atoms with E-state index in [0.29, 0.717) is 18.1 Å². The zero-order valence-electron chi connectivity index (χ0n) is 16.0. The molecule has 28 heavy (non-hydrogen) atoms. The van der Waals surface area contributed by atoms with E-state index in [1.165, 1.54) is 6.33 Å². The second-order valence-electron chi connectivity index (χ2n) is 6.34. The van der Waals surface area contributed by atoms with E-state index in [1.807, 2.05) is 43.3 Å². The first-order chi connectivity index (χ1) is 13.6. The number of rotatable bonds is 7. The monoisotopic (exact) mass is 381 g/mol.